The molecule has 0 aliphatic rings. The number of halogens is 1. The lowest BCUT2D eigenvalue weighted by molar-refractivity contribution is 0.101. The fourth-order valence-corrected chi connectivity index (χ4v) is 1.55. The molecule has 0 spiro atoms. The summed E-state index contributed by atoms with van der Waals surface area (Å²) in [5.74, 6) is -0.368. The van der Waals surface area contributed by atoms with Crippen LogP contribution in [0.4, 0.5) is 4.39 Å². The van der Waals surface area contributed by atoms with Gasteiger partial charge in [0.1, 0.15) is 11.5 Å². The molecule has 2 aromatic rings. The Morgan fingerprint density at radius 2 is 2.07 bits per heavy atom. The van der Waals surface area contributed by atoms with Gasteiger partial charge in [0.05, 0.1) is 5.52 Å². The molecule has 3 heteroatoms. The lowest BCUT2D eigenvalue weighted by atomic mass is 10.1. The lowest BCUT2D eigenvalue weighted by Gasteiger charge is -2.04. The van der Waals surface area contributed by atoms with Gasteiger partial charge in [-0.25, -0.2) is 9.37 Å². The van der Waals surface area contributed by atoms with Gasteiger partial charge in [-0.2, -0.15) is 0 Å². The molecule has 0 saturated carbocycles. The highest BCUT2D eigenvalue weighted by atomic mass is 19.1. The number of nitrogens with zero attached hydrogens (tertiary/aromatic N) is 1. The van der Waals surface area contributed by atoms with E-state index in [1.54, 1.807) is 12.1 Å². The Kier molecular flexibility index (Phi) is 2.23. The lowest BCUT2D eigenvalue weighted by Crippen LogP contribution is -1.98. The molecule has 0 atom stereocenters. The maximum atomic E-state index is 13.0. The molecule has 1 aromatic carbocycles. The minimum atomic E-state index is -0.289. The highest BCUT2D eigenvalue weighted by Crippen LogP contribution is 2.19. The van der Waals surface area contributed by atoms with Crippen molar-refractivity contribution in [3.8, 4) is 0 Å². The number of Topliss-reactive ketones (excluding diaryl/α,β-unsaturated/α-hetero) is 1. The number of carbonyl (C=O) groups is 1. The Hall–Kier alpha value is -1.77. The number of fused-ring (bicyclic) bond motifs is 1. The molecule has 15 heavy (non-hydrogen) atoms. The third-order valence-electron chi connectivity index (χ3n) is 2.34. The molecule has 0 aliphatic carbocycles. The smallest absolute Gasteiger partial charge is 0.178 e. The molecule has 0 amide bonds. The van der Waals surface area contributed by atoms with E-state index in [4.69, 9.17) is 0 Å². The molecule has 0 fully saturated rings. The van der Waals surface area contributed by atoms with E-state index in [2.05, 4.69) is 4.98 Å². The molecule has 0 aliphatic heterocycles. The Morgan fingerprint density at radius 3 is 2.73 bits per heavy atom. The largest absolute Gasteiger partial charge is 0.293 e. The molecule has 0 saturated heterocycles. The summed E-state index contributed by atoms with van der Waals surface area (Å²) in [6, 6.07) is 6.05. The first kappa shape index (κ1) is 9.77. The van der Waals surface area contributed by atoms with E-state index in [1.807, 2.05) is 6.92 Å². The van der Waals surface area contributed by atoms with Gasteiger partial charge in [-0.1, -0.05) is 0 Å². The number of carbonyl (C=O) groups excluding carboxylic acids is 1. The minimum Gasteiger partial charge on any atom is -0.293 e. The molecule has 0 bridgehead atoms. The number of hydrogen-bond acceptors (Lipinski definition) is 2. The van der Waals surface area contributed by atoms with Crippen LogP contribution in [0.15, 0.2) is 24.3 Å². The summed E-state index contributed by atoms with van der Waals surface area (Å²) < 4.78 is 13.0. The van der Waals surface area contributed by atoms with E-state index in [0.29, 0.717) is 11.2 Å². The standard InChI is InChI=1S/C12H10FNO/c1-7-5-12(8(2)15)14-11-4-3-9(13)6-10(7)11/h3-6H,1-2H3. The summed E-state index contributed by atoms with van der Waals surface area (Å²) in [6.07, 6.45) is 0. The SMILES string of the molecule is CC(=O)c1cc(C)c2cc(F)ccc2n1. The molecule has 1 heterocycles. The summed E-state index contributed by atoms with van der Waals surface area (Å²) in [7, 11) is 0. The molecule has 1 aromatic heterocycles. The fraction of sp³-hybridized carbons (Fsp3) is 0.167. The van der Waals surface area contributed by atoms with Gasteiger partial charge < -0.3 is 0 Å². The predicted molar refractivity (Wildman–Crippen MR) is 56.4 cm³/mol. The number of aryl methyl sites for hydroxylation is 1. The molecule has 2 nitrogen and oxygen atoms in total. The van der Waals surface area contributed by atoms with Crippen LogP contribution < -0.4 is 0 Å². The summed E-state index contributed by atoms with van der Waals surface area (Å²) in [4.78, 5) is 15.3. The molecule has 0 unspecified atom stereocenters. The van der Waals surface area contributed by atoms with Gasteiger partial charge in [-0.3, -0.25) is 4.79 Å². The monoisotopic (exact) mass is 203 g/mol. The molecule has 0 N–H and O–H groups in total. The minimum absolute atomic E-state index is 0.0793. The van der Waals surface area contributed by atoms with Crippen molar-refractivity contribution < 1.29 is 9.18 Å². The van der Waals surface area contributed by atoms with E-state index in [1.165, 1.54) is 19.1 Å². The second-order valence-electron chi connectivity index (χ2n) is 3.54. The third-order valence-corrected chi connectivity index (χ3v) is 2.34. The number of hydrogen-bond donors (Lipinski definition) is 0. The van der Waals surface area contributed by atoms with Crippen molar-refractivity contribution in [2.75, 3.05) is 0 Å². The fourth-order valence-electron chi connectivity index (χ4n) is 1.55. The summed E-state index contributed by atoms with van der Waals surface area (Å²) in [5.41, 5.74) is 1.94. The maximum Gasteiger partial charge on any atom is 0.178 e. The van der Waals surface area contributed by atoms with Crippen molar-refractivity contribution in [3.63, 3.8) is 0 Å². The van der Waals surface area contributed by atoms with Crippen molar-refractivity contribution in [2.45, 2.75) is 13.8 Å². The average molecular weight is 203 g/mol. The van der Waals surface area contributed by atoms with Crippen LogP contribution in [0.5, 0.6) is 0 Å². The van der Waals surface area contributed by atoms with Gasteiger partial charge in [0.15, 0.2) is 5.78 Å². The van der Waals surface area contributed by atoms with E-state index in [0.717, 1.165) is 10.9 Å². The number of benzene rings is 1. The Bertz CT molecular complexity index is 549. The van der Waals surface area contributed by atoms with Crippen molar-refractivity contribution in [1.29, 1.82) is 0 Å². The zero-order chi connectivity index (χ0) is 11.0. The van der Waals surface area contributed by atoms with E-state index in [9.17, 15) is 9.18 Å². The summed E-state index contributed by atoms with van der Waals surface area (Å²) in [5, 5.41) is 0.750. The van der Waals surface area contributed by atoms with Crippen LogP contribution >= 0.6 is 0 Å². The number of aromatic nitrogens is 1. The average Bonchev–Trinajstić information content (AvgIpc) is 2.18. The van der Waals surface area contributed by atoms with Crippen LogP contribution in [-0.2, 0) is 0 Å². The van der Waals surface area contributed by atoms with E-state index >= 15 is 0 Å². The van der Waals surface area contributed by atoms with Gasteiger partial charge >= 0.3 is 0 Å². The molecular formula is C12H10FNO. The Morgan fingerprint density at radius 1 is 1.33 bits per heavy atom. The van der Waals surface area contributed by atoms with Gasteiger partial charge in [-0.15, -0.1) is 0 Å². The van der Waals surface area contributed by atoms with Crippen molar-refractivity contribution in [2.24, 2.45) is 0 Å². The molecule has 0 radical (unpaired) electrons. The van der Waals surface area contributed by atoms with Crippen LogP contribution in [0.2, 0.25) is 0 Å². The highest BCUT2D eigenvalue weighted by molar-refractivity contribution is 5.95. The van der Waals surface area contributed by atoms with Gasteiger partial charge in [0.2, 0.25) is 0 Å². The Balaban J connectivity index is 2.78. The zero-order valence-electron chi connectivity index (χ0n) is 8.54. The maximum absolute atomic E-state index is 13.0. The second kappa shape index (κ2) is 3.42. The highest BCUT2D eigenvalue weighted by Gasteiger charge is 2.06. The number of pyridine rings is 1. The van der Waals surface area contributed by atoms with Gasteiger partial charge in [0.25, 0.3) is 0 Å². The van der Waals surface area contributed by atoms with Crippen LogP contribution in [-0.4, -0.2) is 10.8 Å². The Labute approximate surface area is 86.8 Å². The predicted octanol–water partition coefficient (Wildman–Crippen LogP) is 2.88. The molecular weight excluding hydrogens is 193 g/mol. The summed E-state index contributed by atoms with van der Waals surface area (Å²) >= 11 is 0. The molecule has 76 valence electrons. The van der Waals surface area contributed by atoms with Crippen molar-refractivity contribution in [3.05, 3.63) is 41.3 Å². The van der Waals surface area contributed by atoms with Gasteiger partial charge in [0, 0.05) is 12.3 Å². The number of rotatable bonds is 1. The third kappa shape index (κ3) is 1.73. The number of ketones is 1. The molecule has 2 rings (SSSR count). The van der Waals surface area contributed by atoms with Crippen LogP contribution in [0.25, 0.3) is 10.9 Å². The first-order valence-electron chi connectivity index (χ1n) is 4.66. The quantitative estimate of drug-likeness (QED) is 0.667. The first-order valence-corrected chi connectivity index (χ1v) is 4.66. The first-order chi connectivity index (χ1) is 7.08. The summed E-state index contributed by atoms with van der Waals surface area (Å²) in [6.45, 7) is 3.31. The van der Waals surface area contributed by atoms with Crippen LogP contribution in [0, 0.1) is 12.7 Å². The van der Waals surface area contributed by atoms with Gasteiger partial charge in [-0.05, 0) is 36.8 Å². The topological polar surface area (TPSA) is 30.0 Å². The zero-order valence-corrected chi connectivity index (χ0v) is 8.54. The van der Waals surface area contributed by atoms with E-state index < -0.39 is 0 Å². The second-order valence-corrected chi connectivity index (χ2v) is 3.54. The van der Waals surface area contributed by atoms with E-state index in [-0.39, 0.29) is 11.6 Å². The van der Waals surface area contributed by atoms with Crippen molar-refractivity contribution >= 4 is 16.7 Å². The normalized spacial score (nSPS) is 10.6. The van der Waals surface area contributed by atoms with Crippen molar-refractivity contribution in [1.82, 2.24) is 4.98 Å². The van der Waals surface area contributed by atoms with Crippen LogP contribution in [0.1, 0.15) is 23.0 Å². The van der Waals surface area contributed by atoms with Crippen LogP contribution in [0.3, 0.4) is 0 Å².